The molecular weight excluding hydrogens is 207 g/mol. The van der Waals surface area contributed by atoms with Crippen molar-refractivity contribution in [3.05, 3.63) is 28.8 Å². The van der Waals surface area contributed by atoms with E-state index < -0.39 is 11.7 Å². The van der Waals surface area contributed by atoms with Gasteiger partial charge < -0.3 is 0 Å². The van der Waals surface area contributed by atoms with Crippen LogP contribution in [0.3, 0.4) is 0 Å². The number of aliphatic imine (C=N–C) groups is 1. The molecule has 80 valence electrons. The first-order valence-corrected chi connectivity index (χ1v) is 4.12. The lowest BCUT2D eigenvalue weighted by Gasteiger charge is -2.11. The fourth-order valence-electron chi connectivity index (χ4n) is 1.28. The van der Waals surface area contributed by atoms with E-state index in [9.17, 15) is 18.0 Å². The summed E-state index contributed by atoms with van der Waals surface area (Å²) in [5, 5.41) is 0. The Balaban J connectivity index is 3.38. The molecule has 0 aliphatic heterocycles. The molecule has 0 amide bonds. The Kier molecular flexibility index (Phi) is 2.95. The minimum absolute atomic E-state index is 0.0436. The monoisotopic (exact) mass is 215 g/mol. The van der Waals surface area contributed by atoms with Crippen LogP contribution < -0.4 is 0 Å². The van der Waals surface area contributed by atoms with Crippen LogP contribution in [0.2, 0.25) is 0 Å². The Morgan fingerprint density at radius 1 is 1.20 bits per heavy atom. The van der Waals surface area contributed by atoms with E-state index >= 15 is 0 Å². The summed E-state index contributed by atoms with van der Waals surface area (Å²) < 4.78 is 37.3. The van der Waals surface area contributed by atoms with E-state index in [0.29, 0.717) is 5.56 Å². The molecule has 0 aliphatic rings. The molecule has 0 unspecified atom stereocenters. The molecule has 0 N–H and O–H groups in total. The standard InChI is InChI=1S/C10H8F3NO/c1-6-4-9(14-5-15)7(2)3-8(6)10(11,12)13/h3-4H,1-2H3. The Morgan fingerprint density at radius 2 is 1.80 bits per heavy atom. The van der Waals surface area contributed by atoms with Crippen LogP contribution >= 0.6 is 0 Å². The molecule has 5 heteroatoms. The molecule has 0 saturated heterocycles. The number of carbonyl (C=O) groups excluding carboxylic acids is 1. The highest BCUT2D eigenvalue weighted by atomic mass is 19.4. The van der Waals surface area contributed by atoms with E-state index in [1.807, 2.05) is 0 Å². The van der Waals surface area contributed by atoms with Crippen LogP contribution in [0, 0.1) is 13.8 Å². The summed E-state index contributed by atoms with van der Waals surface area (Å²) >= 11 is 0. The van der Waals surface area contributed by atoms with Gasteiger partial charge in [0.1, 0.15) is 0 Å². The van der Waals surface area contributed by atoms with Crippen LogP contribution in [0.1, 0.15) is 16.7 Å². The lowest BCUT2D eigenvalue weighted by atomic mass is 10.0. The number of hydrogen-bond donors (Lipinski definition) is 0. The highest BCUT2D eigenvalue weighted by Gasteiger charge is 2.32. The van der Waals surface area contributed by atoms with E-state index in [1.54, 1.807) is 0 Å². The summed E-state index contributed by atoms with van der Waals surface area (Å²) in [5.41, 5.74) is -0.140. The van der Waals surface area contributed by atoms with E-state index in [-0.39, 0.29) is 11.3 Å². The van der Waals surface area contributed by atoms with Crippen molar-refractivity contribution in [2.75, 3.05) is 0 Å². The molecule has 0 radical (unpaired) electrons. The van der Waals surface area contributed by atoms with Crippen molar-refractivity contribution in [3.63, 3.8) is 0 Å². The van der Waals surface area contributed by atoms with Crippen LogP contribution in [0.5, 0.6) is 0 Å². The predicted octanol–water partition coefficient (Wildman–Crippen LogP) is 3.29. The minimum Gasteiger partial charge on any atom is -0.211 e. The Hall–Kier alpha value is -1.61. The third-order valence-electron chi connectivity index (χ3n) is 2.01. The van der Waals surface area contributed by atoms with Gasteiger partial charge >= 0.3 is 6.18 Å². The Labute approximate surface area is 84.4 Å². The second-order valence-electron chi connectivity index (χ2n) is 3.15. The number of halogens is 3. The van der Waals surface area contributed by atoms with Crippen LogP contribution in [-0.4, -0.2) is 6.08 Å². The van der Waals surface area contributed by atoms with E-state index in [4.69, 9.17) is 0 Å². The van der Waals surface area contributed by atoms with Gasteiger partial charge in [-0.3, -0.25) is 0 Å². The van der Waals surface area contributed by atoms with Crippen molar-refractivity contribution < 1.29 is 18.0 Å². The van der Waals surface area contributed by atoms with Crippen LogP contribution in [0.15, 0.2) is 17.1 Å². The summed E-state index contributed by atoms with van der Waals surface area (Å²) in [6, 6.07) is 2.20. The maximum Gasteiger partial charge on any atom is 0.416 e. The second-order valence-corrected chi connectivity index (χ2v) is 3.15. The zero-order valence-electron chi connectivity index (χ0n) is 8.14. The molecule has 15 heavy (non-hydrogen) atoms. The van der Waals surface area contributed by atoms with Gasteiger partial charge in [-0.05, 0) is 37.1 Å². The molecule has 1 aromatic carbocycles. The normalized spacial score (nSPS) is 11.0. The molecule has 0 spiro atoms. The van der Waals surface area contributed by atoms with Gasteiger partial charge in [0.2, 0.25) is 6.08 Å². The summed E-state index contributed by atoms with van der Waals surface area (Å²) in [6.45, 7) is 2.79. The third-order valence-corrected chi connectivity index (χ3v) is 2.01. The first kappa shape index (κ1) is 11.5. The van der Waals surface area contributed by atoms with Crippen molar-refractivity contribution in [2.24, 2.45) is 4.99 Å². The van der Waals surface area contributed by atoms with Crippen molar-refractivity contribution in [1.29, 1.82) is 0 Å². The van der Waals surface area contributed by atoms with Gasteiger partial charge in [-0.1, -0.05) is 0 Å². The van der Waals surface area contributed by atoms with Gasteiger partial charge in [0, 0.05) is 0 Å². The molecule has 1 rings (SSSR count). The molecule has 0 saturated carbocycles. The number of rotatable bonds is 1. The fraction of sp³-hybridized carbons (Fsp3) is 0.300. The van der Waals surface area contributed by atoms with Crippen molar-refractivity contribution >= 4 is 11.8 Å². The minimum atomic E-state index is -4.38. The molecule has 0 bridgehead atoms. The number of benzene rings is 1. The molecule has 0 aliphatic carbocycles. The molecule has 0 fully saturated rings. The summed E-state index contributed by atoms with van der Waals surface area (Å²) in [7, 11) is 0. The van der Waals surface area contributed by atoms with Crippen LogP contribution in [-0.2, 0) is 11.0 Å². The zero-order valence-corrected chi connectivity index (χ0v) is 8.14. The van der Waals surface area contributed by atoms with Gasteiger partial charge in [-0.25, -0.2) is 4.79 Å². The van der Waals surface area contributed by atoms with Gasteiger partial charge in [-0.2, -0.15) is 18.2 Å². The SMILES string of the molecule is Cc1cc(C(F)(F)F)c(C)cc1N=C=O. The zero-order chi connectivity index (χ0) is 11.6. The molecule has 2 nitrogen and oxygen atoms in total. The average molecular weight is 215 g/mol. The maximum atomic E-state index is 12.4. The molecule has 0 atom stereocenters. The first-order valence-electron chi connectivity index (χ1n) is 4.12. The Bertz CT molecular complexity index is 431. The van der Waals surface area contributed by atoms with Gasteiger partial charge in [0.15, 0.2) is 0 Å². The number of hydrogen-bond acceptors (Lipinski definition) is 2. The molecule has 0 aromatic heterocycles. The van der Waals surface area contributed by atoms with Gasteiger partial charge in [0.25, 0.3) is 0 Å². The summed E-state index contributed by atoms with van der Waals surface area (Å²) in [6.07, 6.45) is -3.07. The lowest BCUT2D eigenvalue weighted by Crippen LogP contribution is -2.07. The van der Waals surface area contributed by atoms with Gasteiger partial charge in [-0.15, -0.1) is 0 Å². The second kappa shape index (κ2) is 3.87. The average Bonchev–Trinajstić information content (AvgIpc) is 2.09. The highest BCUT2D eigenvalue weighted by Crippen LogP contribution is 2.35. The number of nitrogens with zero attached hydrogens (tertiary/aromatic N) is 1. The van der Waals surface area contributed by atoms with Crippen LogP contribution in [0.25, 0.3) is 0 Å². The van der Waals surface area contributed by atoms with Crippen molar-refractivity contribution in [1.82, 2.24) is 0 Å². The molecule has 1 aromatic rings. The van der Waals surface area contributed by atoms with E-state index in [1.165, 1.54) is 26.0 Å². The van der Waals surface area contributed by atoms with Gasteiger partial charge in [0.05, 0.1) is 11.3 Å². The third kappa shape index (κ3) is 2.44. The summed E-state index contributed by atoms with van der Waals surface area (Å²) in [5.74, 6) is 0. The van der Waals surface area contributed by atoms with E-state index in [2.05, 4.69) is 4.99 Å². The first-order chi connectivity index (χ1) is 6.86. The maximum absolute atomic E-state index is 12.4. The number of alkyl halides is 3. The predicted molar refractivity (Wildman–Crippen MR) is 48.7 cm³/mol. The van der Waals surface area contributed by atoms with E-state index in [0.717, 1.165) is 6.07 Å². The Morgan fingerprint density at radius 3 is 2.27 bits per heavy atom. The topological polar surface area (TPSA) is 29.4 Å². The fourth-order valence-corrected chi connectivity index (χ4v) is 1.28. The number of isocyanates is 1. The van der Waals surface area contributed by atoms with Crippen molar-refractivity contribution in [3.8, 4) is 0 Å². The largest absolute Gasteiger partial charge is 0.416 e. The quantitative estimate of drug-likeness (QED) is 0.522. The highest BCUT2D eigenvalue weighted by molar-refractivity contribution is 5.56. The summed E-state index contributed by atoms with van der Waals surface area (Å²) in [4.78, 5) is 13.3. The van der Waals surface area contributed by atoms with Crippen LogP contribution in [0.4, 0.5) is 18.9 Å². The smallest absolute Gasteiger partial charge is 0.211 e. The van der Waals surface area contributed by atoms with Crippen molar-refractivity contribution in [2.45, 2.75) is 20.0 Å². The molecule has 0 heterocycles. The number of aryl methyl sites for hydroxylation is 2. The lowest BCUT2D eigenvalue weighted by molar-refractivity contribution is -0.138. The molecular formula is C10H8F3NO.